The Morgan fingerprint density at radius 1 is 1.06 bits per heavy atom. The lowest BCUT2D eigenvalue weighted by Crippen LogP contribution is -2.23. The predicted molar refractivity (Wildman–Crippen MR) is 122 cm³/mol. The average Bonchev–Trinajstić information content (AvgIpc) is 3.16. The fourth-order valence-corrected chi connectivity index (χ4v) is 4.53. The minimum atomic E-state index is -3.41. The summed E-state index contributed by atoms with van der Waals surface area (Å²) in [7, 11) is -1.44. The molecule has 2 aromatic carbocycles. The van der Waals surface area contributed by atoms with Crippen LogP contribution in [-0.2, 0) is 29.3 Å². The molecular weight excluding hydrogens is 410 g/mol. The topological polar surface area (TPSA) is 75.4 Å². The molecule has 6 nitrogen and oxygen atoms in total. The molecule has 1 N–H and O–H groups in total. The molecule has 0 saturated carbocycles. The van der Waals surface area contributed by atoms with Gasteiger partial charge in [0.2, 0.25) is 15.0 Å². The van der Waals surface area contributed by atoms with Crippen LogP contribution in [0.25, 0.3) is 0 Å². The van der Waals surface area contributed by atoms with Crippen LogP contribution in [0.2, 0.25) is 0 Å². The van der Waals surface area contributed by atoms with Gasteiger partial charge < -0.3 is 14.6 Å². The van der Waals surface area contributed by atoms with Gasteiger partial charge in [-0.1, -0.05) is 60.7 Å². The monoisotopic (exact) mass is 441 g/mol. The van der Waals surface area contributed by atoms with E-state index in [2.05, 4.69) is 22.0 Å². The summed E-state index contributed by atoms with van der Waals surface area (Å²) in [5.74, 6) is 0. The lowest BCUT2D eigenvalue weighted by Gasteiger charge is -2.20. The Balaban J connectivity index is 1.63. The van der Waals surface area contributed by atoms with Gasteiger partial charge in [0.1, 0.15) is 0 Å². The van der Waals surface area contributed by atoms with Crippen LogP contribution in [0.5, 0.6) is 0 Å². The van der Waals surface area contributed by atoms with Gasteiger partial charge in [0, 0.05) is 25.9 Å². The van der Waals surface area contributed by atoms with Crippen LogP contribution in [0.3, 0.4) is 0 Å². The SMILES string of the molecule is CN(CCC(O)c1ccccc1)Cc1cnc(S(C)(=O)=O)n1CCCc1ccccc1. The van der Waals surface area contributed by atoms with Crippen molar-refractivity contribution in [3.63, 3.8) is 0 Å². The first kappa shape index (κ1) is 23.2. The lowest BCUT2D eigenvalue weighted by atomic mass is 10.1. The molecule has 1 unspecified atom stereocenters. The number of aliphatic hydroxyl groups excluding tert-OH is 1. The van der Waals surface area contributed by atoms with E-state index in [1.54, 1.807) is 6.20 Å². The van der Waals surface area contributed by atoms with Crippen molar-refractivity contribution < 1.29 is 13.5 Å². The van der Waals surface area contributed by atoms with E-state index >= 15 is 0 Å². The molecule has 0 bridgehead atoms. The third-order valence-corrected chi connectivity index (χ3v) is 6.31. The standard InChI is InChI=1S/C24H31N3O3S/c1-26(17-15-23(28)21-13-7-4-8-14-21)19-22-18-25-24(31(2,29)30)27(22)16-9-12-20-10-5-3-6-11-20/h3-8,10-11,13-14,18,23,28H,9,12,15-17,19H2,1-2H3. The van der Waals surface area contributed by atoms with Gasteiger partial charge in [0.25, 0.3) is 0 Å². The van der Waals surface area contributed by atoms with E-state index in [0.29, 0.717) is 26.1 Å². The molecule has 3 rings (SSSR count). The molecule has 0 aliphatic carbocycles. The zero-order valence-electron chi connectivity index (χ0n) is 18.2. The van der Waals surface area contributed by atoms with E-state index in [9.17, 15) is 13.5 Å². The molecule has 0 saturated heterocycles. The normalized spacial score (nSPS) is 12.9. The van der Waals surface area contributed by atoms with Crippen LogP contribution in [0.15, 0.2) is 72.0 Å². The highest BCUT2D eigenvalue weighted by molar-refractivity contribution is 7.90. The largest absolute Gasteiger partial charge is 0.388 e. The summed E-state index contributed by atoms with van der Waals surface area (Å²) in [6.45, 7) is 1.84. The van der Waals surface area contributed by atoms with Crippen LogP contribution in [0.1, 0.15) is 35.8 Å². The Morgan fingerprint density at radius 3 is 2.35 bits per heavy atom. The summed E-state index contributed by atoms with van der Waals surface area (Å²) in [6.07, 6.45) is 4.63. The van der Waals surface area contributed by atoms with Crippen LogP contribution in [0, 0.1) is 0 Å². The maximum atomic E-state index is 12.2. The van der Waals surface area contributed by atoms with Crippen molar-refractivity contribution in [3.05, 3.63) is 83.7 Å². The van der Waals surface area contributed by atoms with E-state index in [-0.39, 0.29) is 5.16 Å². The van der Waals surface area contributed by atoms with Crippen molar-refractivity contribution in [2.24, 2.45) is 0 Å². The minimum absolute atomic E-state index is 0.119. The molecule has 0 amide bonds. The number of aliphatic hydroxyl groups is 1. The average molecular weight is 442 g/mol. The molecule has 0 radical (unpaired) electrons. The van der Waals surface area contributed by atoms with Crippen molar-refractivity contribution >= 4 is 9.84 Å². The molecule has 0 fully saturated rings. The molecule has 1 atom stereocenters. The summed E-state index contributed by atoms with van der Waals surface area (Å²) in [5.41, 5.74) is 3.00. The molecule has 0 aliphatic heterocycles. The van der Waals surface area contributed by atoms with E-state index in [4.69, 9.17) is 0 Å². The Kier molecular flexibility index (Phi) is 8.01. The number of hydrogen-bond donors (Lipinski definition) is 1. The summed E-state index contributed by atoms with van der Waals surface area (Å²) >= 11 is 0. The van der Waals surface area contributed by atoms with Crippen LogP contribution < -0.4 is 0 Å². The molecule has 7 heteroatoms. The first-order chi connectivity index (χ1) is 14.8. The summed E-state index contributed by atoms with van der Waals surface area (Å²) < 4.78 is 26.3. The maximum absolute atomic E-state index is 12.2. The van der Waals surface area contributed by atoms with Gasteiger partial charge in [0.05, 0.1) is 18.0 Å². The van der Waals surface area contributed by atoms with E-state index < -0.39 is 15.9 Å². The quantitative estimate of drug-likeness (QED) is 0.493. The van der Waals surface area contributed by atoms with Crippen molar-refractivity contribution in [1.29, 1.82) is 0 Å². The zero-order chi connectivity index (χ0) is 22.3. The highest BCUT2D eigenvalue weighted by Crippen LogP contribution is 2.18. The number of sulfone groups is 1. The van der Waals surface area contributed by atoms with Gasteiger partial charge in [-0.15, -0.1) is 0 Å². The van der Waals surface area contributed by atoms with Gasteiger partial charge in [-0.2, -0.15) is 0 Å². The molecule has 1 aromatic heterocycles. The van der Waals surface area contributed by atoms with Crippen molar-refractivity contribution in [3.8, 4) is 0 Å². The second kappa shape index (κ2) is 10.7. The number of imidazole rings is 1. The number of rotatable bonds is 11. The third-order valence-electron chi connectivity index (χ3n) is 5.32. The van der Waals surface area contributed by atoms with Crippen LogP contribution in [0.4, 0.5) is 0 Å². The molecule has 31 heavy (non-hydrogen) atoms. The second-order valence-electron chi connectivity index (χ2n) is 8.00. The Labute approximate surface area is 185 Å². The van der Waals surface area contributed by atoms with Gasteiger partial charge in [-0.05, 0) is 37.4 Å². The summed E-state index contributed by atoms with van der Waals surface area (Å²) in [4.78, 5) is 6.29. The fraction of sp³-hybridized carbons (Fsp3) is 0.375. The van der Waals surface area contributed by atoms with Gasteiger partial charge in [-0.25, -0.2) is 13.4 Å². The molecule has 3 aromatic rings. The zero-order valence-corrected chi connectivity index (χ0v) is 19.0. The summed E-state index contributed by atoms with van der Waals surface area (Å²) in [5, 5.41) is 10.5. The lowest BCUT2D eigenvalue weighted by molar-refractivity contribution is 0.147. The van der Waals surface area contributed by atoms with Crippen molar-refractivity contribution in [2.45, 2.75) is 43.6 Å². The predicted octanol–water partition coefficient (Wildman–Crippen LogP) is 3.47. The second-order valence-corrected chi connectivity index (χ2v) is 9.91. The minimum Gasteiger partial charge on any atom is -0.388 e. The maximum Gasteiger partial charge on any atom is 0.227 e. The van der Waals surface area contributed by atoms with Crippen molar-refractivity contribution in [2.75, 3.05) is 19.8 Å². The van der Waals surface area contributed by atoms with Crippen molar-refractivity contribution in [1.82, 2.24) is 14.5 Å². The number of nitrogens with zero attached hydrogens (tertiary/aromatic N) is 3. The van der Waals surface area contributed by atoms with Gasteiger partial charge >= 0.3 is 0 Å². The Hall–Kier alpha value is -2.48. The highest BCUT2D eigenvalue weighted by atomic mass is 32.2. The first-order valence-electron chi connectivity index (χ1n) is 10.5. The van der Waals surface area contributed by atoms with Gasteiger partial charge in [-0.3, -0.25) is 0 Å². The Morgan fingerprint density at radius 2 is 1.71 bits per heavy atom. The molecule has 1 heterocycles. The number of benzene rings is 2. The smallest absolute Gasteiger partial charge is 0.227 e. The van der Waals surface area contributed by atoms with E-state index in [1.807, 2.05) is 60.1 Å². The number of aryl methyl sites for hydroxylation is 1. The molecule has 0 aliphatic rings. The molecular formula is C24H31N3O3S. The van der Waals surface area contributed by atoms with Crippen LogP contribution >= 0.6 is 0 Å². The number of aromatic nitrogens is 2. The first-order valence-corrected chi connectivity index (χ1v) is 12.4. The summed E-state index contributed by atoms with van der Waals surface area (Å²) in [6, 6.07) is 19.8. The fourth-order valence-electron chi connectivity index (χ4n) is 3.68. The molecule has 0 spiro atoms. The number of hydrogen-bond acceptors (Lipinski definition) is 5. The van der Waals surface area contributed by atoms with Gasteiger partial charge in [0.15, 0.2) is 0 Å². The highest BCUT2D eigenvalue weighted by Gasteiger charge is 2.19. The molecule has 166 valence electrons. The Bertz CT molecular complexity index is 1050. The van der Waals surface area contributed by atoms with E-state index in [1.165, 1.54) is 11.8 Å². The third kappa shape index (κ3) is 6.75. The van der Waals surface area contributed by atoms with Crippen LogP contribution in [-0.4, -0.2) is 47.8 Å². The van der Waals surface area contributed by atoms with E-state index in [0.717, 1.165) is 24.1 Å².